The molecule has 2 saturated carbocycles. The van der Waals surface area contributed by atoms with Gasteiger partial charge in [0.05, 0.1) is 0 Å². The second-order valence-electron chi connectivity index (χ2n) is 5.30. The molecule has 0 spiro atoms. The fraction of sp³-hybridized carbons (Fsp3) is 1.00. The van der Waals surface area contributed by atoms with Gasteiger partial charge in [0.25, 0.3) is 0 Å². The highest BCUT2D eigenvalue weighted by molar-refractivity contribution is 4.95. The van der Waals surface area contributed by atoms with Crippen LogP contribution in [0.1, 0.15) is 46.5 Å². The van der Waals surface area contributed by atoms with Gasteiger partial charge in [-0.2, -0.15) is 0 Å². The van der Waals surface area contributed by atoms with Crippen molar-refractivity contribution in [3.8, 4) is 0 Å². The van der Waals surface area contributed by atoms with Crippen LogP contribution in [0.15, 0.2) is 0 Å². The molecule has 0 radical (unpaired) electrons. The van der Waals surface area contributed by atoms with Gasteiger partial charge in [-0.1, -0.05) is 27.2 Å². The highest BCUT2D eigenvalue weighted by Gasteiger charge is 2.45. The summed E-state index contributed by atoms with van der Waals surface area (Å²) in [5, 5.41) is 0. The minimum absolute atomic E-state index is 0.953. The van der Waals surface area contributed by atoms with E-state index in [-0.39, 0.29) is 0 Å². The van der Waals surface area contributed by atoms with Crippen molar-refractivity contribution in [1.82, 2.24) is 0 Å². The summed E-state index contributed by atoms with van der Waals surface area (Å²) in [6.45, 7) is 7.11. The Morgan fingerprint density at radius 3 is 2.25 bits per heavy atom. The first-order chi connectivity index (χ1) is 5.72. The van der Waals surface area contributed by atoms with Crippen molar-refractivity contribution < 1.29 is 0 Å². The van der Waals surface area contributed by atoms with Crippen LogP contribution >= 0.6 is 0 Å². The summed E-state index contributed by atoms with van der Waals surface area (Å²) in [4.78, 5) is 0. The van der Waals surface area contributed by atoms with Gasteiger partial charge in [0.15, 0.2) is 0 Å². The molecule has 0 aromatic rings. The van der Waals surface area contributed by atoms with Crippen LogP contribution in [0, 0.1) is 29.6 Å². The van der Waals surface area contributed by atoms with Crippen molar-refractivity contribution in [3.05, 3.63) is 0 Å². The summed E-state index contributed by atoms with van der Waals surface area (Å²) in [5.41, 5.74) is 0. The van der Waals surface area contributed by atoms with E-state index in [1.807, 2.05) is 0 Å². The quantitative estimate of drug-likeness (QED) is 0.597. The summed E-state index contributed by atoms with van der Waals surface area (Å²) in [5.74, 6) is 5.45. The van der Waals surface area contributed by atoms with Gasteiger partial charge >= 0.3 is 0 Å². The molecule has 0 heteroatoms. The van der Waals surface area contributed by atoms with E-state index in [2.05, 4.69) is 20.8 Å². The van der Waals surface area contributed by atoms with Crippen molar-refractivity contribution in [1.29, 1.82) is 0 Å². The molecule has 0 saturated heterocycles. The lowest BCUT2D eigenvalue weighted by Gasteiger charge is -2.02. The summed E-state index contributed by atoms with van der Waals surface area (Å²) in [7, 11) is 0. The molecule has 12 heavy (non-hydrogen) atoms. The first-order valence-corrected chi connectivity index (χ1v) is 5.72. The van der Waals surface area contributed by atoms with Gasteiger partial charge in [0.1, 0.15) is 0 Å². The largest absolute Gasteiger partial charge is 0.0651 e. The molecule has 2 rings (SSSR count). The van der Waals surface area contributed by atoms with Gasteiger partial charge in [-0.25, -0.2) is 0 Å². The molecule has 4 unspecified atom stereocenters. The van der Waals surface area contributed by atoms with Gasteiger partial charge in [-0.3, -0.25) is 0 Å². The molecular weight excluding hydrogens is 144 g/mol. The predicted octanol–water partition coefficient (Wildman–Crippen LogP) is 3.71. The first-order valence-electron chi connectivity index (χ1n) is 5.72. The lowest BCUT2D eigenvalue weighted by Crippen LogP contribution is -1.94. The molecule has 0 heterocycles. The monoisotopic (exact) mass is 166 g/mol. The summed E-state index contributed by atoms with van der Waals surface area (Å²) >= 11 is 0. The zero-order chi connectivity index (χ0) is 8.72. The van der Waals surface area contributed by atoms with Crippen molar-refractivity contribution in [3.63, 3.8) is 0 Å². The first kappa shape index (κ1) is 8.59. The van der Waals surface area contributed by atoms with E-state index in [1.54, 1.807) is 19.3 Å². The summed E-state index contributed by atoms with van der Waals surface area (Å²) in [6.07, 6.45) is 6.10. The average Bonchev–Trinajstić information content (AvgIpc) is 2.85. The molecule has 2 fully saturated rings. The Morgan fingerprint density at radius 1 is 1.08 bits per heavy atom. The number of rotatable bonds is 4. The van der Waals surface area contributed by atoms with Crippen LogP contribution in [0.4, 0.5) is 0 Å². The molecule has 0 nitrogen and oxygen atoms in total. The molecule has 0 amide bonds. The minimum Gasteiger partial charge on any atom is -0.0651 e. The summed E-state index contributed by atoms with van der Waals surface area (Å²) < 4.78 is 0. The second kappa shape index (κ2) is 3.05. The van der Waals surface area contributed by atoms with Crippen molar-refractivity contribution in [2.45, 2.75) is 46.5 Å². The highest BCUT2D eigenvalue weighted by Crippen LogP contribution is 2.54. The highest BCUT2D eigenvalue weighted by atomic mass is 14.5. The normalized spacial score (nSPS) is 45.0. The van der Waals surface area contributed by atoms with Crippen LogP contribution in [0.25, 0.3) is 0 Å². The maximum absolute atomic E-state index is 2.38. The van der Waals surface area contributed by atoms with Gasteiger partial charge in [-0.05, 0) is 48.9 Å². The number of hydrogen-bond acceptors (Lipinski definition) is 0. The Balaban J connectivity index is 1.65. The molecule has 2 aliphatic rings. The molecule has 0 bridgehead atoms. The van der Waals surface area contributed by atoms with E-state index in [0.717, 1.165) is 29.6 Å². The lowest BCUT2D eigenvalue weighted by atomic mass is 10.0. The van der Waals surface area contributed by atoms with E-state index in [0.29, 0.717) is 0 Å². The summed E-state index contributed by atoms with van der Waals surface area (Å²) in [6, 6.07) is 0. The Kier molecular flexibility index (Phi) is 2.18. The van der Waals surface area contributed by atoms with Gasteiger partial charge in [0, 0.05) is 0 Å². The van der Waals surface area contributed by atoms with Crippen LogP contribution in [-0.2, 0) is 0 Å². The third kappa shape index (κ3) is 1.67. The Hall–Kier alpha value is 0. The smallest absolute Gasteiger partial charge is 0.0360 e. The van der Waals surface area contributed by atoms with Crippen LogP contribution < -0.4 is 0 Å². The molecule has 0 aromatic carbocycles. The van der Waals surface area contributed by atoms with E-state index < -0.39 is 0 Å². The number of hydrogen-bond donors (Lipinski definition) is 0. The molecular formula is C12H22. The maximum atomic E-state index is 2.38. The van der Waals surface area contributed by atoms with Crippen LogP contribution in [0.2, 0.25) is 0 Å². The lowest BCUT2D eigenvalue weighted by molar-refractivity contribution is 0.478. The zero-order valence-corrected chi connectivity index (χ0v) is 8.72. The third-order valence-corrected chi connectivity index (χ3v) is 4.03. The van der Waals surface area contributed by atoms with E-state index >= 15 is 0 Å². The van der Waals surface area contributed by atoms with Crippen LogP contribution in [0.5, 0.6) is 0 Å². The molecule has 0 aromatic heterocycles. The van der Waals surface area contributed by atoms with Crippen molar-refractivity contribution in [2.75, 3.05) is 0 Å². The van der Waals surface area contributed by atoms with Crippen LogP contribution in [0.3, 0.4) is 0 Å². The van der Waals surface area contributed by atoms with E-state index in [9.17, 15) is 0 Å². The topological polar surface area (TPSA) is 0 Å². The third-order valence-electron chi connectivity index (χ3n) is 4.03. The van der Waals surface area contributed by atoms with Gasteiger partial charge in [-0.15, -0.1) is 0 Å². The Morgan fingerprint density at radius 2 is 1.83 bits per heavy atom. The van der Waals surface area contributed by atoms with Crippen molar-refractivity contribution in [2.24, 2.45) is 29.6 Å². The molecule has 0 N–H and O–H groups in total. The van der Waals surface area contributed by atoms with Crippen molar-refractivity contribution >= 4 is 0 Å². The minimum atomic E-state index is 0.953. The van der Waals surface area contributed by atoms with Crippen LogP contribution in [-0.4, -0.2) is 0 Å². The Bertz CT molecular complexity index is 159. The SMILES string of the molecule is CCC1CC1CC1CC1C(C)C. The molecule has 4 atom stereocenters. The molecule has 2 aliphatic carbocycles. The maximum Gasteiger partial charge on any atom is -0.0360 e. The molecule has 70 valence electrons. The van der Waals surface area contributed by atoms with E-state index in [4.69, 9.17) is 0 Å². The standard InChI is InChI=1S/C12H22/c1-4-9-5-10(9)6-11-7-12(11)8(2)3/h8-12H,4-7H2,1-3H3. The molecule has 0 aliphatic heterocycles. The zero-order valence-electron chi connectivity index (χ0n) is 8.72. The average molecular weight is 166 g/mol. The second-order valence-corrected chi connectivity index (χ2v) is 5.30. The predicted molar refractivity (Wildman–Crippen MR) is 52.9 cm³/mol. The van der Waals surface area contributed by atoms with Gasteiger partial charge in [0.2, 0.25) is 0 Å². The Labute approximate surface area is 76.7 Å². The fourth-order valence-electron chi connectivity index (χ4n) is 2.85. The van der Waals surface area contributed by atoms with Gasteiger partial charge < -0.3 is 0 Å². The van der Waals surface area contributed by atoms with E-state index in [1.165, 1.54) is 6.42 Å². The fourth-order valence-corrected chi connectivity index (χ4v) is 2.85.